The molecule has 20 heavy (non-hydrogen) atoms. The molecule has 2 fully saturated rings. The Labute approximate surface area is 123 Å². The summed E-state index contributed by atoms with van der Waals surface area (Å²) in [7, 11) is 1.69. The fourth-order valence-corrected chi connectivity index (χ4v) is 3.04. The quantitative estimate of drug-likeness (QED) is 0.780. The molecule has 0 N–H and O–H groups in total. The monoisotopic (exact) mass is 296 g/mol. The van der Waals surface area contributed by atoms with Crippen LogP contribution in [0.25, 0.3) is 0 Å². The lowest BCUT2D eigenvalue weighted by molar-refractivity contribution is -0.200. The third kappa shape index (κ3) is 3.02. The first-order valence-corrected chi connectivity index (χ1v) is 8.07. The van der Waals surface area contributed by atoms with Crippen molar-refractivity contribution in [3.63, 3.8) is 0 Å². The number of methoxy groups -OCH3 is 1. The maximum Gasteiger partial charge on any atom is 0.184 e. The minimum Gasteiger partial charge on any atom is -0.376 e. The maximum absolute atomic E-state index is 6.01. The number of ether oxygens (including phenoxy) is 4. The summed E-state index contributed by atoms with van der Waals surface area (Å²) in [5.74, 6) is 0. The number of hydrogen-bond acceptors (Lipinski definition) is 5. The van der Waals surface area contributed by atoms with E-state index in [0.717, 1.165) is 6.42 Å². The second kappa shape index (κ2) is 6.45. The van der Waals surface area contributed by atoms with Gasteiger partial charge in [0, 0.05) is 18.4 Å². The van der Waals surface area contributed by atoms with Crippen molar-refractivity contribution in [2.45, 2.75) is 42.5 Å². The molecular formula is C15H20O4S. The Morgan fingerprint density at radius 1 is 1.25 bits per heavy atom. The van der Waals surface area contributed by atoms with Crippen LogP contribution < -0.4 is 0 Å². The van der Waals surface area contributed by atoms with Crippen LogP contribution in [0.3, 0.4) is 0 Å². The Hall–Kier alpha value is -0.590. The van der Waals surface area contributed by atoms with Crippen LogP contribution in [0.4, 0.5) is 0 Å². The summed E-state index contributed by atoms with van der Waals surface area (Å²) >= 11 is 1.74. The van der Waals surface area contributed by atoms with Gasteiger partial charge in [0.25, 0.3) is 0 Å². The van der Waals surface area contributed by atoms with E-state index >= 15 is 0 Å². The minimum absolute atomic E-state index is 0.0300. The van der Waals surface area contributed by atoms with Crippen LogP contribution in [0, 0.1) is 0 Å². The molecule has 110 valence electrons. The Bertz CT molecular complexity index is 436. The lowest BCUT2D eigenvalue weighted by Gasteiger charge is -2.32. The van der Waals surface area contributed by atoms with Gasteiger partial charge in [-0.3, -0.25) is 0 Å². The van der Waals surface area contributed by atoms with Crippen molar-refractivity contribution in [3.8, 4) is 0 Å². The van der Waals surface area contributed by atoms with Crippen LogP contribution in [-0.4, -0.2) is 44.6 Å². The van der Waals surface area contributed by atoms with Gasteiger partial charge in [0.05, 0.1) is 19.3 Å². The summed E-state index contributed by atoms with van der Waals surface area (Å²) in [6.07, 6.45) is 2.74. The van der Waals surface area contributed by atoms with E-state index in [1.807, 2.05) is 0 Å². The second-order valence-corrected chi connectivity index (χ2v) is 5.96. The van der Waals surface area contributed by atoms with E-state index in [1.54, 1.807) is 18.9 Å². The summed E-state index contributed by atoms with van der Waals surface area (Å²) in [5, 5.41) is 0. The maximum atomic E-state index is 6.01. The largest absolute Gasteiger partial charge is 0.376 e. The Morgan fingerprint density at radius 2 is 2.05 bits per heavy atom. The highest BCUT2D eigenvalue weighted by molar-refractivity contribution is 7.98. The first-order chi connectivity index (χ1) is 9.80. The van der Waals surface area contributed by atoms with Crippen molar-refractivity contribution < 1.29 is 18.9 Å². The Balaban J connectivity index is 1.57. The van der Waals surface area contributed by atoms with Crippen LogP contribution in [0.1, 0.15) is 12.0 Å². The fraction of sp³-hybridized carbons (Fsp3) is 0.600. The second-order valence-electron chi connectivity index (χ2n) is 5.08. The zero-order chi connectivity index (χ0) is 13.9. The van der Waals surface area contributed by atoms with Gasteiger partial charge in [0.15, 0.2) is 6.29 Å². The summed E-state index contributed by atoms with van der Waals surface area (Å²) in [5.41, 5.74) is 1.18. The minimum atomic E-state index is -0.217. The zero-order valence-corrected chi connectivity index (χ0v) is 12.6. The van der Waals surface area contributed by atoms with Crippen LogP contribution in [0.5, 0.6) is 0 Å². The van der Waals surface area contributed by atoms with E-state index < -0.39 is 0 Å². The Morgan fingerprint density at radius 3 is 2.75 bits per heavy atom. The fourth-order valence-electron chi connectivity index (χ4n) is 2.63. The predicted molar refractivity (Wildman–Crippen MR) is 76.8 cm³/mol. The van der Waals surface area contributed by atoms with E-state index in [4.69, 9.17) is 18.9 Å². The molecule has 0 spiro atoms. The third-order valence-electron chi connectivity index (χ3n) is 3.84. The predicted octanol–water partition coefficient (Wildman–Crippen LogP) is 2.45. The van der Waals surface area contributed by atoms with Gasteiger partial charge in [-0.1, -0.05) is 12.1 Å². The van der Waals surface area contributed by atoms with E-state index in [0.29, 0.717) is 13.2 Å². The van der Waals surface area contributed by atoms with Gasteiger partial charge in [-0.15, -0.1) is 11.8 Å². The van der Waals surface area contributed by atoms with Crippen LogP contribution in [0.2, 0.25) is 0 Å². The van der Waals surface area contributed by atoms with Gasteiger partial charge in [-0.25, -0.2) is 0 Å². The topological polar surface area (TPSA) is 36.9 Å². The first-order valence-electron chi connectivity index (χ1n) is 6.84. The van der Waals surface area contributed by atoms with Crippen molar-refractivity contribution in [1.29, 1.82) is 0 Å². The van der Waals surface area contributed by atoms with Gasteiger partial charge in [-0.2, -0.15) is 0 Å². The highest BCUT2D eigenvalue weighted by Gasteiger charge is 2.44. The van der Waals surface area contributed by atoms with Gasteiger partial charge in [0.1, 0.15) is 12.2 Å². The average molecular weight is 296 g/mol. The lowest BCUT2D eigenvalue weighted by Crippen LogP contribution is -2.44. The molecule has 2 heterocycles. The van der Waals surface area contributed by atoms with E-state index in [-0.39, 0.29) is 24.6 Å². The number of hydrogen-bond donors (Lipinski definition) is 0. The van der Waals surface area contributed by atoms with Crippen molar-refractivity contribution in [2.24, 2.45) is 0 Å². The molecule has 2 bridgehead atoms. The summed E-state index contributed by atoms with van der Waals surface area (Å²) < 4.78 is 22.7. The summed E-state index contributed by atoms with van der Waals surface area (Å²) in [6, 6.07) is 8.45. The lowest BCUT2D eigenvalue weighted by atomic mass is 10.0. The number of thioether (sulfide) groups is 1. The van der Waals surface area contributed by atoms with Crippen LogP contribution in [-0.2, 0) is 25.6 Å². The molecule has 0 saturated carbocycles. The molecule has 0 radical (unpaired) electrons. The van der Waals surface area contributed by atoms with E-state index in [2.05, 4.69) is 30.5 Å². The average Bonchev–Trinajstić information content (AvgIpc) is 2.92. The normalized spacial score (nSPS) is 32.5. The standard InChI is InChI=1S/C15H20O4S/c1-16-13-7-12(14-9-18-15(13)19-14)17-8-10-3-5-11(20-2)6-4-10/h3-6,12-15H,7-9H2,1-2H3/t12-,13+,14+,15+/m0/s1. The van der Waals surface area contributed by atoms with Gasteiger partial charge >= 0.3 is 0 Å². The summed E-state index contributed by atoms with van der Waals surface area (Å²) in [6.45, 7) is 1.20. The molecular weight excluding hydrogens is 276 g/mol. The number of rotatable bonds is 5. The molecule has 5 heteroatoms. The highest BCUT2D eigenvalue weighted by atomic mass is 32.2. The molecule has 0 amide bonds. The highest BCUT2D eigenvalue weighted by Crippen LogP contribution is 2.31. The molecule has 3 rings (SSSR count). The summed E-state index contributed by atoms with van der Waals surface area (Å²) in [4.78, 5) is 1.27. The van der Waals surface area contributed by atoms with Crippen molar-refractivity contribution in [2.75, 3.05) is 20.0 Å². The molecule has 1 aromatic rings. The van der Waals surface area contributed by atoms with Crippen LogP contribution in [0.15, 0.2) is 29.2 Å². The first kappa shape index (κ1) is 14.4. The molecule has 0 aliphatic carbocycles. The van der Waals surface area contributed by atoms with Gasteiger partial charge in [-0.05, 0) is 24.0 Å². The molecule has 2 aliphatic heterocycles. The Kier molecular flexibility index (Phi) is 4.63. The third-order valence-corrected chi connectivity index (χ3v) is 4.59. The molecule has 0 unspecified atom stereocenters. The molecule has 0 aromatic heterocycles. The van der Waals surface area contributed by atoms with Crippen molar-refractivity contribution in [1.82, 2.24) is 0 Å². The van der Waals surface area contributed by atoms with Gasteiger partial charge in [0.2, 0.25) is 0 Å². The molecule has 1 aromatic carbocycles. The molecule has 2 saturated heterocycles. The molecule has 4 atom stereocenters. The molecule has 4 nitrogen and oxygen atoms in total. The smallest absolute Gasteiger partial charge is 0.184 e. The van der Waals surface area contributed by atoms with E-state index in [9.17, 15) is 0 Å². The zero-order valence-electron chi connectivity index (χ0n) is 11.8. The van der Waals surface area contributed by atoms with Gasteiger partial charge < -0.3 is 18.9 Å². The van der Waals surface area contributed by atoms with Crippen molar-refractivity contribution in [3.05, 3.63) is 29.8 Å². The van der Waals surface area contributed by atoms with Crippen molar-refractivity contribution >= 4 is 11.8 Å². The SMILES string of the molecule is CO[C@@H]1C[C@H](OCc2ccc(SC)cc2)[C@H]2CO[C@@H]1O2. The molecule has 2 aliphatic rings. The van der Waals surface area contributed by atoms with E-state index in [1.165, 1.54) is 10.5 Å². The number of fused-ring (bicyclic) bond motifs is 2. The van der Waals surface area contributed by atoms with Crippen LogP contribution >= 0.6 is 11.8 Å². The number of benzene rings is 1.